The summed E-state index contributed by atoms with van der Waals surface area (Å²) in [7, 11) is 0. The fourth-order valence-electron chi connectivity index (χ4n) is 2.03. The van der Waals surface area contributed by atoms with E-state index in [2.05, 4.69) is 10.5 Å². The molecule has 0 bridgehead atoms. The van der Waals surface area contributed by atoms with E-state index in [1.54, 1.807) is 18.2 Å². The summed E-state index contributed by atoms with van der Waals surface area (Å²) in [6.45, 7) is 2.68. The van der Waals surface area contributed by atoms with E-state index in [0.29, 0.717) is 25.5 Å². The molecule has 0 aromatic heterocycles. The number of amides is 1. The molecule has 1 aromatic carbocycles. The first-order chi connectivity index (χ1) is 11.5. The number of carboxylic acids is 1. The van der Waals surface area contributed by atoms with Crippen LogP contribution in [-0.2, 0) is 14.3 Å². The van der Waals surface area contributed by atoms with Crippen molar-refractivity contribution < 1.29 is 24.2 Å². The molecule has 9 heteroatoms. The maximum Gasteiger partial charge on any atom is 0.341 e. The summed E-state index contributed by atoms with van der Waals surface area (Å²) >= 11 is 2.05. The first-order valence-electron chi connectivity index (χ1n) is 7.31. The number of hydrogen-bond acceptors (Lipinski definition) is 6. The Bertz CT molecular complexity index is 617. The van der Waals surface area contributed by atoms with Crippen molar-refractivity contribution in [3.05, 3.63) is 27.3 Å². The highest BCUT2D eigenvalue weighted by Gasteiger charge is 2.13. The Morgan fingerprint density at radius 2 is 2.17 bits per heavy atom. The van der Waals surface area contributed by atoms with Gasteiger partial charge in [0.25, 0.3) is 5.91 Å². The van der Waals surface area contributed by atoms with E-state index in [4.69, 9.17) is 14.6 Å². The third kappa shape index (κ3) is 6.42. The summed E-state index contributed by atoms with van der Waals surface area (Å²) in [5.74, 6) is -0.713. The molecule has 8 nitrogen and oxygen atoms in total. The molecule has 1 amide bonds. The summed E-state index contributed by atoms with van der Waals surface area (Å²) < 4.78 is 11.1. The fraction of sp³-hybridized carbons (Fsp3) is 0.400. The Morgan fingerprint density at radius 1 is 1.42 bits per heavy atom. The zero-order chi connectivity index (χ0) is 17.4. The lowest BCUT2D eigenvalue weighted by atomic mass is 10.2. The van der Waals surface area contributed by atoms with Gasteiger partial charge >= 0.3 is 5.97 Å². The molecule has 0 saturated carbocycles. The predicted octanol–water partition coefficient (Wildman–Crippen LogP) is 0.537. The molecular weight excluding hydrogens is 429 g/mol. The van der Waals surface area contributed by atoms with Gasteiger partial charge in [0.2, 0.25) is 0 Å². The van der Waals surface area contributed by atoms with Gasteiger partial charge in [-0.25, -0.2) is 10.2 Å². The van der Waals surface area contributed by atoms with Gasteiger partial charge in [-0.2, -0.15) is 5.10 Å². The van der Waals surface area contributed by atoms with Crippen LogP contribution in [0.15, 0.2) is 23.3 Å². The van der Waals surface area contributed by atoms with Crippen LogP contribution >= 0.6 is 22.6 Å². The van der Waals surface area contributed by atoms with Gasteiger partial charge in [0, 0.05) is 13.1 Å². The second-order valence-electron chi connectivity index (χ2n) is 5.05. The number of hydrogen-bond donors (Lipinski definition) is 2. The van der Waals surface area contributed by atoms with Crippen LogP contribution < -0.4 is 10.2 Å². The quantitative estimate of drug-likeness (QED) is 0.360. The van der Waals surface area contributed by atoms with Crippen LogP contribution in [0.3, 0.4) is 0 Å². The minimum absolute atomic E-state index is 0.177. The first kappa shape index (κ1) is 18.6. The lowest BCUT2D eigenvalue weighted by Crippen LogP contribution is -2.42. The Hall–Kier alpha value is -1.72. The van der Waals surface area contributed by atoms with Crippen molar-refractivity contribution in [2.75, 3.05) is 39.5 Å². The molecule has 1 aromatic rings. The normalized spacial score (nSPS) is 15.4. The summed E-state index contributed by atoms with van der Waals surface area (Å²) in [6, 6.07) is 5.19. The number of ether oxygens (including phenoxy) is 2. The SMILES string of the molecule is O=C(O)COc1ccc(/C=N/NC(=O)CN2CCOCC2)cc1I. The number of nitrogens with one attached hydrogen (secondary N) is 1. The molecule has 1 saturated heterocycles. The number of carbonyl (C=O) groups excluding carboxylic acids is 1. The number of rotatable bonds is 7. The van der Waals surface area contributed by atoms with Gasteiger partial charge in [-0.3, -0.25) is 9.69 Å². The Kier molecular flexibility index (Phi) is 7.40. The van der Waals surface area contributed by atoms with Gasteiger partial charge in [0.15, 0.2) is 6.61 Å². The van der Waals surface area contributed by atoms with E-state index in [1.165, 1.54) is 6.21 Å². The number of halogens is 1. The lowest BCUT2D eigenvalue weighted by molar-refractivity contribution is -0.139. The average molecular weight is 447 g/mol. The van der Waals surface area contributed by atoms with Crippen molar-refractivity contribution in [2.45, 2.75) is 0 Å². The van der Waals surface area contributed by atoms with Crippen molar-refractivity contribution in [2.24, 2.45) is 5.10 Å². The standard InChI is InChI=1S/C15H18IN3O5/c16-12-7-11(1-2-13(12)24-10-15(21)22)8-17-18-14(20)9-19-3-5-23-6-4-19/h1-2,7-8H,3-6,9-10H2,(H,18,20)(H,21,22)/b17-8+. The number of carbonyl (C=O) groups is 2. The largest absolute Gasteiger partial charge is 0.481 e. The summed E-state index contributed by atoms with van der Waals surface area (Å²) in [6.07, 6.45) is 1.53. The van der Waals surface area contributed by atoms with Gasteiger partial charge in [0.1, 0.15) is 5.75 Å². The second-order valence-corrected chi connectivity index (χ2v) is 6.22. The number of carboxylic acid groups (broad SMARTS) is 1. The minimum atomic E-state index is -1.03. The molecule has 1 heterocycles. The van der Waals surface area contributed by atoms with Gasteiger partial charge in [0.05, 0.1) is 29.5 Å². The average Bonchev–Trinajstić information content (AvgIpc) is 2.55. The second kappa shape index (κ2) is 9.55. The van der Waals surface area contributed by atoms with Crippen LogP contribution in [0.4, 0.5) is 0 Å². The number of benzene rings is 1. The lowest BCUT2D eigenvalue weighted by Gasteiger charge is -2.25. The highest BCUT2D eigenvalue weighted by molar-refractivity contribution is 14.1. The molecule has 2 rings (SSSR count). The number of nitrogens with zero attached hydrogens (tertiary/aromatic N) is 2. The molecule has 1 fully saturated rings. The molecule has 0 spiro atoms. The van der Waals surface area contributed by atoms with Gasteiger partial charge in [-0.1, -0.05) is 0 Å². The van der Waals surface area contributed by atoms with Crippen molar-refractivity contribution in [3.63, 3.8) is 0 Å². The van der Waals surface area contributed by atoms with E-state index in [1.807, 2.05) is 27.5 Å². The van der Waals surface area contributed by atoms with Gasteiger partial charge in [-0.05, 0) is 46.4 Å². The van der Waals surface area contributed by atoms with Crippen LogP contribution in [0.1, 0.15) is 5.56 Å². The van der Waals surface area contributed by atoms with Crippen LogP contribution in [0.25, 0.3) is 0 Å². The van der Waals surface area contributed by atoms with Gasteiger partial charge in [-0.15, -0.1) is 0 Å². The zero-order valence-electron chi connectivity index (χ0n) is 12.9. The Morgan fingerprint density at radius 3 is 2.83 bits per heavy atom. The molecule has 0 unspecified atom stereocenters. The van der Waals surface area contributed by atoms with Gasteiger partial charge < -0.3 is 14.6 Å². The zero-order valence-corrected chi connectivity index (χ0v) is 15.1. The third-order valence-corrected chi connectivity index (χ3v) is 4.02. The fourth-order valence-corrected chi connectivity index (χ4v) is 2.73. The first-order valence-corrected chi connectivity index (χ1v) is 8.38. The van der Waals surface area contributed by atoms with Crippen molar-refractivity contribution in [3.8, 4) is 5.75 Å². The molecule has 24 heavy (non-hydrogen) atoms. The van der Waals surface area contributed by atoms with E-state index >= 15 is 0 Å². The molecular formula is C15H18IN3O5. The van der Waals surface area contributed by atoms with Crippen LogP contribution in [0.5, 0.6) is 5.75 Å². The summed E-state index contributed by atoms with van der Waals surface area (Å²) in [5, 5.41) is 12.5. The topological polar surface area (TPSA) is 100 Å². The molecule has 1 aliphatic rings. The highest BCUT2D eigenvalue weighted by Crippen LogP contribution is 2.21. The third-order valence-electron chi connectivity index (χ3n) is 3.18. The highest BCUT2D eigenvalue weighted by atomic mass is 127. The van der Waals surface area contributed by atoms with E-state index in [9.17, 15) is 9.59 Å². The summed E-state index contributed by atoms with van der Waals surface area (Å²) in [5.41, 5.74) is 3.26. The van der Waals surface area contributed by atoms with Crippen LogP contribution in [-0.4, -0.2) is 67.6 Å². The minimum Gasteiger partial charge on any atom is -0.481 e. The smallest absolute Gasteiger partial charge is 0.341 e. The number of aliphatic carboxylic acids is 1. The maximum absolute atomic E-state index is 11.8. The van der Waals surface area contributed by atoms with Crippen LogP contribution in [0, 0.1) is 3.57 Å². The molecule has 0 aliphatic carbocycles. The Labute approximate surface area is 152 Å². The number of hydrazone groups is 1. The maximum atomic E-state index is 11.8. The van der Waals surface area contributed by atoms with Crippen molar-refractivity contribution in [1.82, 2.24) is 10.3 Å². The number of morpholine rings is 1. The van der Waals surface area contributed by atoms with E-state index in [-0.39, 0.29) is 12.5 Å². The predicted molar refractivity (Wildman–Crippen MR) is 95.3 cm³/mol. The molecule has 0 radical (unpaired) electrons. The van der Waals surface area contributed by atoms with E-state index < -0.39 is 5.97 Å². The molecule has 0 atom stereocenters. The summed E-state index contributed by atoms with van der Waals surface area (Å²) in [4.78, 5) is 24.3. The monoisotopic (exact) mass is 447 g/mol. The molecule has 2 N–H and O–H groups in total. The van der Waals surface area contributed by atoms with Crippen molar-refractivity contribution in [1.29, 1.82) is 0 Å². The van der Waals surface area contributed by atoms with Crippen molar-refractivity contribution >= 4 is 40.7 Å². The van der Waals surface area contributed by atoms with Crippen LogP contribution in [0.2, 0.25) is 0 Å². The molecule has 130 valence electrons. The Balaban J connectivity index is 1.81. The van der Waals surface area contributed by atoms with E-state index in [0.717, 1.165) is 22.2 Å². The molecule has 1 aliphatic heterocycles.